The molecular weight excluding hydrogens is 354 g/mol. The zero-order chi connectivity index (χ0) is 15.6. The maximum absolute atomic E-state index is 6.02. The Bertz CT molecular complexity index is 640. The summed E-state index contributed by atoms with van der Waals surface area (Å²) >= 11 is 9.60. The van der Waals surface area contributed by atoms with Gasteiger partial charge in [-0.3, -0.25) is 4.68 Å². The molecule has 0 radical (unpaired) electrons. The van der Waals surface area contributed by atoms with Crippen LogP contribution in [0.25, 0.3) is 0 Å². The van der Waals surface area contributed by atoms with E-state index in [0.29, 0.717) is 11.6 Å². The molecule has 21 heavy (non-hydrogen) atoms. The van der Waals surface area contributed by atoms with Crippen LogP contribution >= 0.6 is 27.5 Å². The lowest BCUT2D eigenvalue weighted by Gasteiger charge is -2.14. The number of hydrogen-bond donors (Lipinski definition) is 1. The SMILES string of the molecule is CCc1nn(C)c(COc2ccc(Cl)cc2[C@@H](C)N)c1Br. The summed E-state index contributed by atoms with van der Waals surface area (Å²) in [7, 11) is 1.91. The number of hydrogen-bond acceptors (Lipinski definition) is 3. The fourth-order valence-electron chi connectivity index (χ4n) is 2.13. The Hall–Kier alpha value is -1.04. The lowest BCUT2D eigenvalue weighted by atomic mass is 10.1. The maximum atomic E-state index is 6.02. The van der Waals surface area contributed by atoms with E-state index in [1.807, 2.05) is 30.8 Å². The van der Waals surface area contributed by atoms with Crippen molar-refractivity contribution in [3.05, 3.63) is 44.6 Å². The molecule has 0 saturated heterocycles. The molecule has 0 aliphatic heterocycles. The molecule has 1 atom stereocenters. The number of benzene rings is 1. The fourth-order valence-corrected chi connectivity index (χ4v) is 3.04. The van der Waals surface area contributed by atoms with Crippen LogP contribution < -0.4 is 10.5 Å². The Morgan fingerprint density at radius 3 is 2.76 bits per heavy atom. The van der Waals surface area contributed by atoms with Gasteiger partial charge in [0.25, 0.3) is 0 Å². The van der Waals surface area contributed by atoms with Crippen molar-refractivity contribution in [2.75, 3.05) is 0 Å². The first kappa shape index (κ1) is 16.3. The van der Waals surface area contributed by atoms with Crippen molar-refractivity contribution in [2.45, 2.75) is 32.9 Å². The second-order valence-electron chi connectivity index (χ2n) is 4.94. The summed E-state index contributed by atoms with van der Waals surface area (Å²) in [5.74, 6) is 0.751. The van der Waals surface area contributed by atoms with Crippen LogP contribution in [0.4, 0.5) is 0 Å². The van der Waals surface area contributed by atoms with Crippen molar-refractivity contribution < 1.29 is 4.74 Å². The molecule has 0 aliphatic rings. The Kier molecular flexibility index (Phi) is 5.30. The van der Waals surface area contributed by atoms with Crippen molar-refractivity contribution >= 4 is 27.5 Å². The molecule has 4 nitrogen and oxygen atoms in total. The van der Waals surface area contributed by atoms with Crippen molar-refractivity contribution in [3.63, 3.8) is 0 Å². The van der Waals surface area contributed by atoms with E-state index >= 15 is 0 Å². The van der Waals surface area contributed by atoms with Gasteiger partial charge < -0.3 is 10.5 Å². The Labute approximate surface area is 138 Å². The van der Waals surface area contributed by atoms with E-state index in [1.165, 1.54) is 0 Å². The van der Waals surface area contributed by atoms with Gasteiger partial charge in [0, 0.05) is 23.7 Å². The van der Waals surface area contributed by atoms with Gasteiger partial charge in [0.05, 0.1) is 15.9 Å². The first-order valence-electron chi connectivity index (χ1n) is 6.82. The van der Waals surface area contributed by atoms with Gasteiger partial charge in [-0.2, -0.15) is 5.10 Å². The van der Waals surface area contributed by atoms with Crippen molar-refractivity contribution in [1.82, 2.24) is 9.78 Å². The summed E-state index contributed by atoms with van der Waals surface area (Å²) < 4.78 is 8.77. The average molecular weight is 373 g/mol. The first-order valence-corrected chi connectivity index (χ1v) is 7.99. The quantitative estimate of drug-likeness (QED) is 0.863. The molecule has 0 aliphatic carbocycles. The van der Waals surface area contributed by atoms with Crippen LogP contribution in [-0.4, -0.2) is 9.78 Å². The summed E-state index contributed by atoms with van der Waals surface area (Å²) in [6, 6.07) is 5.36. The van der Waals surface area contributed by atoms with Gasteiger partial charge in [-0.25, -0.2) is 0 Å². The monoisotopic (exact) mass is 371 g/mol. The highest BCUT2D eigenvalue weighted by Gasteiger charge is 2.15. The molecule has 6 heteroatoms. The third kappa shape index (κ3) is 3.59. The van der Waals surface area contributed by atoms with Crippen LogP contribution in [0, 0.1) is 0 Å². The van der Waals surface area contributed by atoms with E-state index in [9.17, 15) is 0 Å². The highest BCUT2D eigenvalue weighted by molar-refractivity contribution is 9.10. The summed E-state index contributed by atoms with van der Waals surface area (Å²) in [6.07, 6.45) is 0.875. The van der Waals surface area contributed by atoms with E-state index in [1.54, 1.807) is 6.07 Å². The minimum atomic E-state index is -0.139. The molecule has 1 aromatic heterocycles. The van der Waals surface area contributed by atoms with Gasteiger partial charge in [-0.1, -0.05) is 18.5 Å². The molecular formula is C15H19BrClN3O. The highest BCUT2D eigenvalue weighted by atomic mass is 79.9. The topological polar surface area (TPSA) is 53.1 Å². The van der Waals surface area contributed by atoms with Gasteiger partial charge >= 0.3 is 0 Å². The van der Waals surface area contributed by atoms with Crippen LogP contribution in [0.3, 0.4) is 0 Å². The van der Waals surface area contributed by atoms with Crippen molar-refractivity contribution in [1.29, 1.82) is 0 Å². The third-order valence-corrected chi connectivity index (χ3v) is 4.48. The Morgan fingerprint density at radius 2 is 2.19 bits per heavy atom. The Balaban J connectivity index is 2.23. The van der Waals surface area contributed by atoms with E-state index in [0.717, 1.165) is 33.6 Å². The molecule has 0 bridgehead atoms. The maximum Gasteiger partial charge on any atom is 0.131 e. The Morgan fingerprint density at radius 1 is 1.48 bits per heavy atom. The molecule has 0 amide bonds. The van der Waals surface area contributed by atoms with Gasteiger partial charge in [-0.05, 0) is 47.5 Å². The number of halogens is 2. The number of nitrogens with two attached hydrogens (primary N) is 1. The van der Waals surface area contributed by atoms with Crippen LogP contribution in [0.2, 0.25) is 5.02 Å². The average Bonchev–Trinajstić information content (AvgIpc) is 2.72. The molecule has 1 aromatic carbocycles. The molecule has 0 saturated carbocycles. The zero-order valence-electron chi connectivity index (χ0n) is 12.4. The first-order chi connectivity index (χ1) is 9.93. The summed E-state index contributed by atoms with van der Waals surface area (Å²) in [5, 5.41) is 5.11. The molecule has 0 fully saturated rings. The van der Waals surface area contributed by atoms with E-state index in [2.05, 4.69) is 28.0 Å². The van der Waals surface area contributed by atoms with Gasteiger partial charge in [0.1, 0.15) is 12.4 Å². The third-order valence-electron chi connectivity index (χ3n) is 3.33. The minimum Gasteiger partial charge on any atom is -0.487 e. The van der Waals surface area contributed by atoms with Crippen LogP contribution in [-0.2, 0) is 20.1 Å². The predicted octanol–water partition coefficient (Wildman–Crippen LogP) is 4.00. The molecule has 114 valence electrons. The minimum absolute atomic E-state index is 0.139. The number of aryl methyl sites for hydroxylation is 2. The standard InChI is InChI=1S/C15H19BrClN3O/c1-4-12-15(16)13(20(3)19-12)8-21-14-6-5-10(17)7-11(14)9(2)18/h5-7,9H,4,8,18H2,1-3H3/t9-/m1/s1. The number of ether oxygens (including phenoxy) is 1. The smallest absolute Gasteiger partial charge is 0.131 e. The molecule has 2 N–H and O–H groups in total. The fraction of sp³-hybridized carbons (Fsp3) is 0.400. The van der Waals surface area contributed by atoms with Gasteiger partial charge in [0.15, 0.2) is 0 Å². The second kappa shape index (κ2) is 6.81. The molecule has 2 aromatic rings. The summed E-state index contributed by atoms with van der Waals surface area (Å²) in [5.41, 5.74) is 8.90. The lowest BCUT2D eigenvalue weighted by molar-refractivity contribution is 0.290. The molecule has 2 rings (SSSR count). The summed E-state index contributed by atoms with van der Waals surface area (Å²) in [6.45, 7) is 4.41. The summed E-state index contributed by atoms with van der Waals surface area (Å²) in [4.78, 5) is 0. The largest absolute Gasteiger partial charge is 0.487 e. The molecule has 1 heterocycles. The van der Waals surface area contributed by atoms with Crippen molar-refractivity contribution in [2.24, 2.45) is 12.8 Å². The van der Waals surface area contributed by atoms with Gasteiger partial charge in [0.2, 0.25) is 0 Å². The van der Waals surface area contributed by atoms with Crippen LogP contribution in [0.5, 0.6) is 5.75 Å². The van der Waals surface area contributed by atoms with Gasteiger partial charge in [-0.15, -0.1) is 0 Å². The number of rotatable bonds is 5. The highest BCUT2D eigenvalue weighted by Crippen LogP contribution is 2.29. The zero-order valence-corrected chi connectivity index (χ0v) is 14.7. The van der Waals surface area contributed by atoms with Crippen LogP contribution in [0.15, 0.2) is 22.7 Å². The second-order valence-corrected chi connectivity index (χ2v) is 6.17. The van der Waals surface area contributed by atoms with Crippen LogP contribution in [0.1, 0.15) is 36.8 Å². The predicted molar refractivity (Wildman–Crippen MR) is 88.7 cm³/mol. The van der Waals surface area contributed by atoms with Crippen molar-refractivity contribution in [3.8, 4) is 5.75 Å². The lowest BCUT2D eigenvalue weighted by Crippen LogP contribution is -2.09. The van der Waals surface area contributed by atoms with E-state index in [4.69, 9.17) is 22.1 Å². The molecule has 0 unspecified atom stereocenters. The number of aromatic nitrogens is 2. The van der Waals surface area contributed by atoms with E-state index < -0.39 is 0 Å². The van der Waals surface area contributed by atoms with E-state index in [-0.39, 0.29) is 6.04 Å². The molecule has 0 spiro atoms. The normalized spacial score (nSPS) is 12.5. The number of nitrogens with zero attached hydrogens (tertiary/aromatic N) is 2.